The molecular formula is C11H13BrFNO3. The van der Waals surface area contributed by atoms with Crippen molar-refractivity contribution >= 4 is 27.6 Å². The van der Waals surface area contributed by atoms with E-state index in [1.807, 2.05) is 0 Å². The Bertz CT molecular complexity index is 412. The Morgan fingerprint density at radius 1 is 1.47 bits per heavy atom. The third-order valence-electron chi connectivity index (χ3n) is 2.07. The number of methoxy groups -OCH3 is 2. The first-order chi connectivity index (χ1) is 8.10. The lowest BCUT2D eigenvalue weighted by Gasteiger charge is -2.11. The Hall–Kier alpha value is -1.14. The number of benzene rings is 1. The summed E-state index contributed by atoms with van der Waals surface area (Å²) in [5.41, 5.74) is 0.271. The molecule has 0 bridgehead atoms. The molecule has 1 aromatic carbocycles. The van der Waals surface area contributed by atoms with Gasteiger partial charge in [-0.05, 0) is 12.1 Å². The number of hydrogen-bond donors (Lipinski definition) is 1. The minimum atomic E-state index is -0.713. The summed E-state index contributed by atoms with van der Waals surface area (Å²) in [7, 11) is 2.77. The van der Waals surface area contributed by atoms with Crippen LogP contribution in [0, 0.1) is 5.82 Å². The van der Waals surface area contributed by atoms with Gasteiger partial charge in [0.1, 0.15) is 11.4 Å². The highest BCUT2D eigenvalue weighted by Gasteiger charge is 2.18. The zero-order valence-electron chi connectivity index (χ0n) is 9.55. The van der Waals surface area contributed by atoms with Gasteiger partial charge < -0.3 is 14.8 Å². The second kappa shape index (κ2) is 6.56. The Morgan fingerprint density at radius 2 is 2.18 bits per heavy atom. The normalized spacial score (nSPS) is 10.1. The van der Waals surface area contributed by atoms with Crippen LogP contribution in [0.2, 0.25) is 0 Å². The fourth-order valence-corrected chi connectivity index (χ4v) is 1.74. The zero-order chi connectivity index (χ0) is 12.8. The monoisotopic (exact) mass is 305 g/mol. The van der Waals surface area contributed by atoms with Crippen LogP contribution in [0.4, 0.5) is 10.1 Å². The van der Waals surface area contributed by atoms with E-state index in [0.717, 1.165) is 0 Å². The van der Waals surface area contributed by atoms with Crippen LogP contribution in [0.3, 0.4) is 0 Å². The zero-order valence-corrected chi connectivity index (χ0v) is 11.1. The summed E-state index contributed by atoms with van der Waals surface area (Å²) in [5.74, 6) is -1.35. The summed E-state index contributed by atoms with van der Waals surface area (Å²) >= 11 is 3.16. The fourth-order valence-electron chi connectivity index (χ4n) is 1.31. The third kappa shape index (κ3) is 3.67. The van der Waals surface area contributed by atoms with Crippen molar-refractivity contribution in [2.45, 2.75) is 0 Å². The van der Waals surface area contributed by atoms with Crippen LogP contribution in [-0.4, -0.2) is 33.3 Å². The summed E-state index contributed by atoms with van der Waals surface area (Å²) in [6, 6.07) is 2.83. The molecule has 0 amide bonds. The van der Waals surface area contributed by atoms with E-state index >= 15 is 0 Å². The molecule has 1 N–H and O–H groups in total. The maximum absolute atomic E-state index is 13.7. The lowest BCUT2D eigenvalue weighted by molar-refractivity contribution is 0.0596. The molecular weight excluding hydrogens is 293 g/mol. The topological polar surface area (TPSA) is 47.6 Å². The Balaban J connectivity index is 3.02. The predicted octanol–water partition coefficient (Wildman–Crippen LogP) is 2.43. The van der Waals surface area contributed by atoms with Crippen molar-refractivity contribution in [1.29, 1.82) is 0 Å². The van der Waals surface area contributed by atoms with Crippen LogP contribution in [0.5, 0.6) is 0 Å². The van der Waals surface area contributed by atoms with Gasteiger partial charge in [0.2, 0.25) is 0 Å². The Kier molecular flexibility index (Phi) is 5.37. The van der Waals surface area contributed by atoms with Gasteiger partial charge in [0.05, 0.1) is 19.4 Å². The first-order valence-corrected chi connectivity index (χ1v) is 5.69. The van der Waals surface area contributed by atoms with E-state index in [4.69, 9.17) is 4.74 Å². The van der Waals surface area contributed by atoms with Crippen molar-refractivity contribution in [3.05, 3.63) is 28.0 Å². The molecule has 0 spiro atoms. The summed E-state index contributed by atoms with van der Waals surface area (Å²) in [6.07, 6.45) is 0. The van der Waals surface area contributed by atoms with Gasteiger partial charge in [0, 0.05) is 18.1 Å². The second-order valence-corrected chi connectivity index (χ2v) is 4.14. The van der Waals surface area contributed by atoms with E-state index in [9.17, 15) is 9.18 Å². The Labute approximate surface area is 107 Å². The van der Waals surface area contributed by atoms with Crippen molar-refractivity contribution in [1.82, 2.24) is 0 Å². The van der Waals surface area contributed by atoms with E-state index in [2.05, 4.69) is 26.0 Å². The molecule has 1 rings (SSSR count). The maximum atomic E-state index is 13.7. The average Bonchev–Trinajstić information content (AvgIpc) is 2.28. The molecule has 0 saturated heterocycles. The standard InChI is InChI=1S/C11H13BrFNO3/c1-16-4-3-14-9-6-7(12)5-8(13)10(9)11(15)17-2/h5-6,14H,3-4H2,1-2H3. The molecule has 1 aromatic rings. The molecule has 0 aliphatic heterocycles. The number of rotatable bonds is 5. The molecule has 0 heterocycles. The summed E-state index contributed by atoms with van der Waals surface area (Å²) < 4.78 is 23.6. The summed E-state index contributed by atoms with van der Waals surface area (Å²) in [5, 5.41) is 2.92. The van der Waals surface area contributed by atoms with Gasteiger partial charge in [-0.1, -0.05) is 15.9 Å². The van der Waals surface area contributed by atoms with E-state index < -0.39 is 11.8 Å². The van der Waals surface area contributed by atoms with Crippen LogP contribution in [0.1, 0.15) is 10.4 Å². The lowest BCUT2D eigenvalue weighted by atomic mass is 10.1. The highest BCUT2D eigenvalue weighted by molar-refractivity contribution is 9.10. The second-order valence-electron chi connectivity index (χ2n) is 3.22. The fraction of sp³-hybridized carbons (Fsp3) is 0.364. The van der Waals surface area contributed by atoms with Crippen molar-refractivity contribution < 1.29 is 18.7 Å². The van der Waals surface area contributed by atoms with E-state index in [-0.39, 0.29) is 5.56 Å². The molecule has 0 aromatic heterocycles. The minimum Gasteiger partial charge on any atom is -0.465 e. The smallest absolute Gasteiger partial charge is 0.342 e. The average molecular weight is 306 g/mol. The molecule has 17 heavy (non-hydrogen) atoms. The van der Waals surface area contributed by atoms with Gasteiger partial charge in [-0.15, -0.1) is 0 Å². The van der Waals surface area contributed by atoms with Gasteiger partial charge in [0.25, 0.3) is 0 Å². The van der Waals surface area contributed by atoms with Crippen LogP contribution in [-0.2, 0) is 9.47 Å². The number of halogens is 2. The van der Waals surface area contributed by atoms with Gasteiger partial charge in [0.15, 0.2) is 0 Å². The largest absolute Gasteiger partial charge is 0.465 e. The molecule has 0 radical (unpaired) electrons. The first kappa shape index (κ1) is 13.9. The number of anilines is 1. The number of carbonyl (C=O) groups excluding carboxylic acids is 1. The molecule has 0 unspecified atom stereocenters. The van der Waals surface area contributed by atoms with Crippen molar-refractivity contribution in [3.8, 4) is 0 Å². The van der Waals surface area contributed by atoms with Crippen molar-refractivity contribution in [2.75, 3.05) is 32.7 Å². The van der Waals surface area contributed by atoms with Crippen LogP contribution in [0.25, 0.3) is 0 Å². The van der Waals surface area contributed by atoms with Crippen LogP contribution in [0.15, 0.2) is 16.6 Å². The van der Waals surface area contributed by atoms with E-state index in [0.29, 0.717) is 23.3 Å². The van der Waals surface area contributed by atoms with Gasteiger partial charge in [-0.2, -0.15) is 0 Å². The van der Waals surface area contributed by atoms with Crippen LogP contribution >= 0.6 is 15.9 Å². The number of nitrogens with one attached hydrogen (secondary N) is 1. The molecule has 0 atom stereocenters. The van der Waals surface area contributed by atoms with Gasteiger partial charge in [-0.25, -0.2) is 9.18 Å². The predicted molar refractivity (Wildman–Crippen MR) is 65.8 cm³/mol. The van der Waals surface area contributed by atoms with Crippen molar-refractivity contribution in [3.63, 3.8) is 0 Å². The highest BCUT2D eigenvalue weighted by Crippen LogP contribution is 2.25. The molecule has 94 valence electrons. The lowest BCUT2D eigenvalue weighted by Crippen LogP contribution is -2.14. The summed E-state index contributed by atoms with van der Waals surface area (Å²) in [6.45, 7) is 0.922. The number of carbonyl (C=O) groups is 1. The first-order valence-electron chi connectivity index (χ1n) is 4.90. The minimum absolute atomic E-state index is 0.105. The molecule has 6 heteroatoms. The molecule has 0 aliphatic rings. The quantitative estimate of drug-likeness (QED) is 0.670. The molecule has 0 aliphatic carbocycles. The SMILES string of the molecule is COCCNc1cc(Br)cc(F)c1C(=O)OC. The third-order valence-corrected chi connectivity index (χ3v) is 2.52. The van der Waals surface area contributed by atoms with Crippen LogP contribution < -0.4 is 5.32 Å². The summed E-state index contributed by atoms with van der Waals surface area (Å²) in [4.78, 5) is 11.5. The van der Waals surface area contributed by atoms with E-state index in [1.165, 1.54) is 13.2 Å². The van der Waals surface area contributed by atoms with Gasteiger partial charge in [-0.3, -0.25) is 0 Å². The molecule has 4 nitrogen and oxygen atoms in total. The number of ether oxygens (including phenoxy) is 2. The molecule has 0 fully saturated rings. The Morgan fingerprint density at radius 3 is 2.76 bits per heavy atom. The van der Waals surface area contributed by atoms with Crippen molar-refractivity contribution in [2.24, 2.45) is 0 Å². The number of esters is 1. The number of hydrogen-bond acceptors (Lipinski definition) is 4. The van der Waals surface area contributed by atoms with Gasteiger partial charge >= 0.3 is 5.97 Å². The molecule has 0 saturated carbocycles. The highest BCUT2D eigenvalue weighted by atomic mass is 79.9. The maximum Gasteiger partial charge on any atom is 0.342 e. The van der Waals surface area contributed by atoms with E-state index in [1.54, 1.807) is 13.2 Å².